The van der Waals surface area contributed by atoms with Crippen LogP contribution in [0.1, 0.15) is 6.42 Å². The van der Waals surface area contributed by atoms with Crippen molar-refractivity contribution in [3.63, 3.8) is 0 Å². The highest BCUT2D eigenvalue weighted by Gasteiger charge is 2.40. The molecule has 7 heteroatoms. The van der Waals surface area contributed by atoms with Gasteiger partial charge in [0.15, 0.2) is 12.9 Å². The van der Waals surface area contributed by atoms with Crippen molar-refractivity contribution in [1.29, 1.82) is 0 Å². The molecule has 1 aliphatic rings. The molecule has 0 amide bonds. The van der Waals surface area contributed by atoms with Crippen molar-refractivity contribution in [2.75, 3.05) is 13.9 Å². The quantitative estimate of drug-likeness (QED) is 0.340. The molecular weight excluding hydrogens is 182 g/mol. The number of carbonyl (C=O) groups is 1. The van der Waals surface area contributed by atoms with Gasteiger partial charge in [0.25, 0.3) is 0 Å². The van der Waals surface area contributed by atoms with Crippen molar-refractivity contribution < 1.29 is 23.9 Å². The molecule has 0 spiro atoms. The second-order valence-corrected chi connectivity index (χ2v) is 2.45. The normalized spacial score (nSPS) is 27.2. The number of esters is 1. The first-order valence-electron chi connectivity index (χ1n) is 3.58. The lowest BCUT2D eigenvalue weighted by atomic mass is 10.2. The van der Waals surface area contributed by atoms with Crippen LogP contribution in [0.2, 0.25) is 0 Å². The minimum absolute atomic E-state index is 0.159. The predicted octanol–water partition coefficient (Wildman–Crippen LogP) is -0.475. The molecule has 0 bridgehead atoms. The lowest BCUT2D eigenvalue weighted by Gasteiger charge is -2.07. The van der Waals surface area contributed by atoms with E-state index in [4.69, 9.17) is 4.74 Å². The molecule has 1 fully saturated rings. The molecule has 0 saturated carbocycles. The Hall–Kier alpha value is -1.21. The standard InChI is InChI=1S/C6H9NO6/c1-11-5(8)2-4-6(7(9)10)13-3-12-4/h4,6H,2-3H2,1H3. The van der Waals surface area contributed by atoms with Crippen LogP contribution < -0.4 is 0 Å². The third-order valence-corrected chi connectivity index (χ3v) is 1.64. The molecule has 0 aromatic carbocycles. The van der Waals surface area contributed by atoms with Crippen LogP contribution >= 0.6 is 0 Å². The Morgan fingerprint density at radius 1 is 1.69 bits per heavy atom. The number of ether oxygens (including phenoxy) is 3. The van der Waals surface area contributed by atoms with E-state index in [2.05, 4.69) is 9.47 Å². The molecule has 0 aromatic rings. The lowest BCUT2D eigenvalue weighted by Crippen LogP contribution is -2.32. The third-order valence-electron chi connectivity index (χ3n) is 1.64. The predicted molar refractivity (Wildman–Crippen MR) is 38.2 cm³/mol. The van der Waals surface area contributed by atoms with E-state index < -0.39 is 23.2 Å². The smallest absolute Gasteiger partial charge is 0.344 e. The van der Waals surface area contributed by atoms with Gasteiger partial charge in [0.05, 0.1) is 18.5 Å². The Morgan fingerprint density at radius 2 is 2.38 bits per heavy atom. The summed E-state index contributed by atoms with van der Waals surface area (Å²) >= 11 is 0. The first kappa shape index (κ1) is 9.87. The fourth-order valence-corrected chi connectivity index (χ4v) is 0.990. The summed E-state index contributed by atoms with van der Waals surface area (Å²) in [6.45, 7) is -0.159. The number of carbonyl (C=O) groups excluding carboxylic acids is 1. The molecular formula is C6H9NO6. The van der Waals surface area contributed by atoms with E-state index in [9.17, 15) is 14.9 Å². The van der Waals surface area contributed by atoms with Crippen molar-refractivity contribution in [2.24, 2.45) is 0 Å². The van der Waals surface area contributed by atoms with Crippen molar-refractivity contribution in [1.82, 2.24) is 0 Å². The minimum Gasteiger partial charge on any atom is -0.469 e. The van der Waals surface area contributed by atoms with E-state index in [1.165, 1.54) is 7.11 Å². The average molecular weight is 191 g/mol. The van der Waals surface area contributed by atoms with E-state index in [1.807, 2.05) is 0 Å². The molecule has 0 radical (unpaired) electrons. The van der Waals surface area contributed by atoms with Crippen molar-refractivity contribution in [3.05, 3.63) is 10.1 Å². The highest BCUT2D eigenvalue weighted by atomic mass is 16.8. The lowest BCUT2D eigenvalue weighted by molar-refractivity contribution is -0.572. The van der Waals surface area contributed by atoms with Gasteiger partial charge in [-0.25, -0.2) is 0 Å². The van der Waals surface area contributed by atoms with Crippen LogP contribution in [0, 0.1) is 10.1 Å². The van der Waals surface area contributed by atoms with Gasteiger partial charge in [-0.05, 0) is 0 Å². The van der Waals surface area contributed by atoms with Crippen LogP contribution in [0.4, 0.5) is 0 Å². The number of rotatable bonds is 3. The topological polar surface area (TPSA) is 87.9 Å². The zero-order valence-electron chi connectivity index (χ0n) is 6.97. The number of methoxy groups -OCH3 is 1. The van der Waals surface area contributed by atoms with Gasteiger partial charge in [-0.2, -0.15) is 0 Å². The molecule has 1 aliphatic heterocycles. The summed E-state index contributed by atoms with van der Waals surface area (Å²) in [6, 6.07) is 0. The molecule has 13 heavy (non-hydrogen) atoms. The summed E-state index contributed by atoms with van der Waals surface area (Å²) in [5.74, 6) is -0.553. The zero-order chi connectivity index (χ0) is 9.84. The fraction of sp³-hybridized carbons (Fsp3) is 0.833. The number of hydrogen-bond acceptors (Lipinski definition) is 6. The van der Waals surface area contributed by atoms with Crippen molar-refractivity contribution in [2.45, 2.75) is 18.8 Å². The molecule has 0 aromatic heterocycles. The van der Waals surface area contributed by atoms with Gasteiger partial charge in [-0.1, -0.05) is 0 Å². The molecule has 7 nitrogen and oxygen atoms in total. The van der Waals surface area contributed by atoms with Crippen LogP contribution in [-0.4, -0.2) is 37.1 Å². The average Bonchev–Trinajstić information content (AvgIpc) is 2.52. The molecule has 1 rings (SSSR count). The van der Waals surface area contributed by atoms with Gasteiger partial charge in [0.2, 0.25) is 0 Å². The summed E-state index contributed by atoms with van der Waals surface area (Å²) in [5.41, 5.74) is 0. The molecule has 2 unspecified atom stereocenters. The maximum atomic E-state index is 10.8. The van der Waals surface area contributed by atoms with Gasteiger partial charge < -0.3 is 9.47 Å². The Morgan fingerprint density at radius 3 is 2.92 bits per heavy atom. The molecule has 1 heterocycles. The summed E-state index contributed by atoms with van der Waals surface area (Å²) in [6.07, 6.45) is -2.27. The molecule has 0 N–H and O–H groups in total. The first-order valence-corrected chi connectivity index (χ1v) is 3.58. The highest BCUT2D eigenvalue weighted by molar-refractivity contribution is 5.69. The Kier molecular flexibility index (Phi) is 3.15. The largest absolute Gasteiger partial charge is 0.469 e. The van der Waals surface area contributed by atoms with Crippen LogP contribution in [0.25, 0.3) is 0 Å². The van der Waals surface area contributed by atoms with Crippen LogP contribution in [0.5, 0.6) is 0 Å². The highest BCUT2D eigenvalue weighted by Crippen LogP contribution is 2.16. The van der Waals surface area contributed by atoms with Crippen molar-refractivity contribution in [3.8, 4) is 0 Å². The monoisotopic (exact) mass is 191 g/mol. The van der Waals surface area contributed by atoms with Gasteiger partial charge in [0, 0.05) is 0 Å². The van der Waals surface area contributed by atoms with E-state index in [1.54, 1.807) is 0 Å². The van der Waals surface area contributed by atoms with E-state index in [-0.39, 0.29) is 13.2 Å². The van der Waals surface area contributed by atoms with Gasteiger partial charge in [0.1, 0.15) is 0 Å². The van der Waals surface area contributed by atoms with Gasteiger partial charge in [-0.15, -0.1) is 0 Å². The van der Waals surface area contributed by atoms with E-state index in [0.29, 0.717) is 0 Å². The fourth-order valence-electron chi connectivity index (χ4n) is 0.990. The maximum Gasteiger partial charge on any atom is 0.344 e. The summed E-state index contributed by atoms with van der Waals surface area (Å²) in [4.78, 5) is 20.5. The van der Waals surface area contributed by atoms with Crippen LogP contribution in [-0.2, 0) is 19.0 Å². The Balaban J connectivity index is 2.48. The third kappa shape index (κ3) is 2.36. The van der Waals surface area contributed by atoms with Crippen LogP contribution in [0.15, 0.2) is 0 Å². The second-order valence-electron chi connectivity index (χ2n) is 2.45. The molecule has 2 atom stereocenters. The van der Waals surface area contributed by atoms with E-state index >= 15 is 0 Å². The van der Waals surface area contributed by atoms with Crippen LogP contribution in [0.3, 0.4) is 0 Å². The number of nitro groups is 1. The summed E-state index contributed by atoms with van der Waals surface area (Å²) in [5, 5.41) is 10.3. The first-order chi connectivity index (χ1) is 6.15. The second kappa shape index (κ2) is 4.15. The summed E-state index contributed by atoms with van der Waals surface area (Å²) in [7, 11) is 1.21. The van der Waals surface area contributed by atoms with Gasteiger partial charge in [-0.3, -0.25) is 19.6 Å². The SMILES string of the molecule is COC(=O)CC1OCOC1[N+](=O)[O-]. The number of hydrogen-bond donors (Lipinski definition) is 0. The molecule has 0 aliphatic carbocycles. The maximum absolute atomic E-state index is 10.8. The number of nitrogens with zero attached hydrogens (tertiary/aromatic N) is 1. The minimum atomic E-state index is -1.26. The van der Waals surface area contributed by atoms with Gasteiger partial charge >= 0.3 is 12.2 Å². The molecule has 74 valence electrons. The molecule has 1 saturated heterocycles. The zero-order valence-corrected chi connectivity index (χ0v) is 6.97. The van der Waals surface area contributed by atoms with Crippen molar-refractivity contribution >= 4 is 5.97 Å². The summed E-state index contributed by atoms with van der Waals surface area (Å²) < 4.78 is 13.8. The Bertz CT molecular complexity index is 217. The van der Waals surface area contributed by atoms with E-state index in [0.717, 1.165) is 0 Å². The Labute approximate surface area is 73.7 Å².